The fourth-order valence-electron chi connectivity index (χ4n) is 8.05. The molecule has 0 N–H and O–H groups in total. The second-order valence-electron chi connectivity index (χ2n) is 10.5. The molecular formula is C27H35NO5. The van der Waals surface area contributed by atoms with Crippen molar-refractivity contribution in [2.45, 2.75) is 77.2 Å². The molecule has 5 rings (SSSR count). The minimum Gasteiger partial charge on any atom is -0.463 e. The largest absolute Gasteiger partial charge is 0.463 e. The maximum absolute atomic E-state index is 12.9. The molecule has 0 saturated heterocycles. The molecule has 6 nitrogen and oxygen atoms in total. The van der Waals surface area contributed by atoms with Gasteiger partial charge >= 0.3 is 5.97 Å². The van der Waals surface area contributed by atoms with Gasteiger partial charge in [-0.15, -0.1) is 0 Å². The van der Waals surface area contributed by atoms with E-state index >= 15 is 0 Å². The third-order valence-electron chi connectivity index (χ3n) is 9.38. The summed E-state index contributed by atoms with van der Waals surface area (Å²) in [5, 5.41) is 3.78. The summed E-state index contributed by atoms with van der Waals surface area (Å²) in [5.41, 5.74) is 0.661. The van der Waals surface area contributed by atoms with Crippen molar-refractivity contribution >= 4 is 11.8 Å². The SMILES string of the molecule is C=C[C@]1(OC(=O)COc2cc(C)on2)CCC2C3CCC4=CC(=O)CCC4C3CC[C@@]21CC. The van der Waals surface area contributed by atoms with E-state index in [-0.39, 0.29) is 18.0 Å². The summed E-state index contributed by atoms with van der Waals surface area (Å²) in [4.78, 5) is 24.9. The minimum atomic E-state index is -0.657. The first-order valence-electron chi connectivity index (χ1n) is 12.6. The van der Waals surface area contributed by atoms with Crippen LogP contribution in [0.15, 0.2) is 34.9 Å². The standard InChI is InChI=1S/C27H35NO5/c1-4-26-12-10-21-20-9-7-19(29)15-18(20)6-8-22(21)23(26)11-13-27(26,5-2)32-25(30)16-31-24-14-17(3)33-28-24/h5,14-15,20-23H,2,4,6-13,16H2,1,3H3/t20?,21?,22?,23?,26-,27-/m0/s1. The number of ether oxygens (including phenoxy) is 2. The van der Waals surface area contributed by atoms with Crippen LogP contribution in [0.1, 0.15) is 70.5 Å². The van der Waals surface area contributed by atoms with Crippen LogP contribution in [-0.4, -0.2) is 29.1 Å². The fraction of sp³-hybridized carbons (Fsp3) is 0.667. The van der Waals surface area contributed by atoms with Crippen molar-refractivity contribution in [3.05, 3.63) is 36.1 Å². The third-order valence-corrected chi connectivity index (χ3v) is 9.38. The molecule has 4 unspecified atom stereocenters. The van der Waals surface area contributed by atoms with Crippen molar-refractivity contribution in [3.8, 4) is 5.88 Å². The predicted molar refractivity (Wildman–Crippen MR) is 122 cm³/mol. The van der Waals surface area contributed by atoms with Gasteiger partial charge in [0.1, 0.15) is 11.4 Å². The topological polar surface area (TPSA) is 78.6 Å². The number of nitrogens with zero attached hydrogens (tertiary/aromatic N) is 1. The quantitative estimate of drug-likeness (QED) is 0.426. The van der Waals surface area contributed by atoms with Crippen molar-refractivity contribution in [3.63, 3.8) is 0 Å². The van der Waals surface area contributed by atoms with E-state index in [1.807, 2.05) is 12.2 Å². The van der Waals surface area contributed by atoms with Crippen molar-refractivity contribution in [1.29, 1.82) is 0 Å². The minimum absolute atomic E-state index is 0.0816. The number of carbonyl (C=O) groups excluding carboxylic acids is 2. The van der Waals surface area contributed by atoms with Crippen LogP contribution in [0.3, 0.4) is 0 Å². The zero-order valence-electron chi connectivity index (χ0n) is 19.8. The first-order chi connectivity index (χ1) is 15.9. The van der Waals surface area contributed by atoms with Gasteiger partial charge in [-0.05, 0) is 99.3 Å². The molecule has 0 aliphatic heterocycles. The molecule has 1 aromatic heterocycles. The highest BCUT2D eigenvalue weighted by Gasteiger charge is 2.65. The van der Waals surface area contributed by atoms with E-state index < -0.39 is 5.60 Å². The predicted octanol–water partition coefficient (Wildman–Crippen LogP) is 5.36. The summed E-state index contributed by atoms with van der Waals surface area (Å²) in [5.74, 6) is 3.22. The number of hydrogen-bond donors (Lipinski definition) is 0. The first-order valence-corrected chi connectivity index (χ1v) is 12.6. The van der Waals surface area contributed by atoms with Gasteiger partial charge in [-0.2, -0.15) is 0 Å². The van der Waals surface area contributed by atoms with E-state index in [4.69, 9.17) is 14.0 Å². The summed E-state index contributed by atoms with van der Waals surface area (Å²) in [6.45, 7) is 7.99. The van der Waals surface area contributed by atoms with Gasteiger partial charge in [-0.1, -0.05) is 19.1 Å². The van der Waals surface area contributed by atoms with Crippen LogP contribution in [0, 0.1) is 36.0 Å². The molecule has 1 aromatic rings. The lowest BCUT2D eigenvalue weighted by molar-refractivity contribution is -0.177. The normalized spacial score (nSPS) is 37.4. The Hall–Kier alpha value is -2.37. The Bertz CT molecular complexity index is 979. The van der Waals surface area contributed by atoms with E-state index in [0.29, 0.717) is 47.5 Å². The number of ketones is 1. The first kappa shape index (κ1) is 22.4. The lowest BCUT2D eigenvalue weighted by Gasteiger charge is -2.57. The molecule has 33 heavy (non-hydrogen) atoms. The Morgan fingerprint density at radius 1 is 1.24 bits per heavy atom. The number of hydrogen-bond acceptors (Lipinski definition) is 6. The van der Waals surface area contributed by atoms with E-state index in [1.165, 1.54) is 5.57 Å². The van der Waals surface area contributed by atoms with Crippen molar-refractivity contribution in [2.24, 2.45) is 29.1 Å². The number of carbonyl (C=O) groups is 2. The maximum atomic E-state index is 12.9. The number of allylic oxidation sites excluding steroid dienone is 1. The summed E-state index contributed by atoms with van der Waals surface area (Å²) >= 11 is 0. The highest BCUT2D eigenvalue weighted by atomic mass is 16.6. The third kappa shape index (κ3) is 3.57. The summed E-state index contributed by atoms with van der Waals surface area (Å²) in [7, 11) is 0. The Labute approximate surface area is 195 Å². The molecule has 3 saturated carbocycles. The van der Waals surface area contributed by atoms with Gasteiger partial charge in [0.15, 0.2) is 12.4 Å². The molecule has 0 spiro atoms. The molecule has 178 valence electrons. The van der Waals surface area contributed by atoms with Crippen LogP contribution in [0.25, 0.3) is 0 Å². The van der Waals surface area contributed by atoms with Crippen molar-refractivity contribution in [2.75, 3.05) is 6.61 Å². The lowest BCUT2D eigenvalue weighted by Crippen LogP contribution is -2.55. The maximum Gasteiger partial charge on any atom is 0.345 e. The van der Waals surface area contributed by atoms with E-state index in [0.717, 1.165) is 51.4 Å². The van der Waals surface area contributed by atoms with Crippen LogP contribution in [0.4, 0.5) is 0 Å². The highest BCUT2D eigenvalue weighted by molar-refractivity contribution is 5.91. The smallest absolute Gasteiger partial charge is 0.345 e. The van der Waals surface area contributed by atoms with Gasteiger partial charge in [0.25, 0.3) is 5.88 Å². The molecule has 4 aliphatic carbocycles. The van der Waals surface area contributed by atoms with Gasteiger partial charge in [-0.25, -0.2) is 4.79 Å². The average molecular weight is 454 g/mol. The zero-order chi connectivity index (χ0) is 23.2. The van der Waals surface area contributed by atoms with Crippen LogP contribution in [0.2, 0.25) is 0 Å². The second kappa shape index (κ2) is 8.44. The molecule has 4 aliphatic rings. The molecular weight excluding hydrogens is 418 g/mol. The van der Waals surface area contributed by atoms with E-state index in [1.54, 1.807) is 13.0 Å². The molecule has 6 heteroatoms. The Balaban J connectivity index is 1.34. The summed E-state index contributed by atoms with van der Waals surface area (Å²) < 4.78 is 16.7. The number of fused-ring (bicyclic) bond motifs is 5. The Morgan fingerprint density at radius 2 is 2.09 bits per heavy atom. The Morgan fingerprint density at radius 3 is 2.82 bits per heavy atom. The number of aryl methyl sites for hydroxylation is 1. The number of esters is 1. The van der Waals surface area contributed by atoms with Gasteiger partial charge < -0.3 is 14.0 Å². The van der Waals surface area contributed by atoms with Crippen LogP contribution < -0.4 is 4.74 Å². The van der Waals surface area contributed by atoms with E-state index in [2.05, 4.69) is 18.7 Å². The Kier molecular flexibility index (Phi) is 5.74. The second-order valence-corrected chi connectivity index (χ2v) is 10.5. The van der Waals surface area contributed by atoms with Gasteiger partial charge in [0.05, 0.1) is 0 Å². The highest BCUT2D eigenvalue weighted by Crippen LogP contribution is 2.67. The molecule has 0 aromatic carbocycles. The summed E-state index contributed by atoms with van der Waals surface area (Å²) in [6.07, 6.45) is 12.8. The molecule has 3 fully saturated rings. The lowest BCUT2D eigenvalue weighted by atomic mass is 9.49. The van der Waals surface area contributed by atoms with Crippen molar-refractivity contribution in [1.82, 2.24) is 5.16 Å². The molecule has 0 bridgehead atoms. The zero-order valence-corrected chi connectivity index (χ0v) is 19.8. The van der Waals surface area contributed by atoms with Crippen LogP contribution in [-0.2, 0) is 14.3 Å². The average Bonchev–Trinajstić information content (AvgIpc) is 3.38. The van der Waals surface area contributed by atoms with Crippen molar-refractivity contribution < 1.29 is 23.6 Å². The van der Waals surface area contributed by atoms with Crippen LogP contribution >= 0.6 is 0 Å². The number of rotatable bonds is 6. The van der Waals surface area contributed by atoms with Gasteiger partial charge in [0.2, 0.25) is 0 Å². The number of aromatic nitrogens is 1. The molecule has 6 atom stereocenters. The molecule has 0 radical (unpaired) electrons. The molecule has 1 heterocycles. The fourth-order valence-corrected chi connectivity index (χ4v) is 8.05. The molecule has 0 amide bonds. The van der Waals surface area contributed by atoms with Gasteiger partial charge in [-0.3, -0.25) is 4.79 Å². The van der Waals surface area contributed by atoms with Gasteiger partial charge in [0, 0.05) is 17.9 Å². The van der Waals surface area contributed by atoms with Crippen LogP contribution in [0.5, 0.6) is 5.88 Å². The van der Waals surface area contributed by atoms with E-state index in [9.17, 15) is 9.59 Å². The monoisotopic (exact) mass is 453 g/mol. The summed E-state index contributed by atoms with van der Waals surface area (Å²) in [6, 6.07) is 1.65.